The van der Waals surface area contributed by atoms with Gasteiger partial charge in [-0.15, -0.1) is 0 Å². The molecule has 0 unspecified atom stereocenters. The SMILES string of the molecule is O=C(Cc1ccc2c(c1)OCCO2)N1CCN(Cc2cn3ccccc3n2)CC1. The average molecular weight is 392 g/mol. The Bertz CT molecular complexity index is 991. The highest BCUT2D eigenvalue weighted by molar-refractivity contribution is 5.79. The number of carbonyl (C=O) groups excluding carboxylic acids is 1. The zero-order valence-corrected chi connectivity index (χ0v) is 16.3. The molecule has 2 aromatic heterocycles. The van der Waals surface area contributed by atoms with E-state index in [0.29, 0.717) is 19.6 Å². The molecule has 0 spiro atoms. The van der Waals surface area contributed by atoms with E-state index >= 15 is 0 Å². The predicted octanol–water partition coefficient (Wildman–Crippen LogP) is 1.99. The number of pyridine rings is 1. The first-order valence-electron chi connectivity index (χ1n) is 10.1. The normalized spacial score (nSPS) is 16.9. The molecule has 29 heavy (non-hydrogen) atoms. The van der Waals surface area contributed by atoms with Crippen molar-refractivity contribution >= 4 is 11.6 Å². The molecule has 0 radical (unpaired) electrons. The van der Waals surface area contributed by atoms with Gasteiger partial charge in [0, 0.05) is 45.1 Å². The Hall–Kier alpha value is -3.06. The van der Waals surface area contributed by atoms with Crippen molar-refractivity contribution in [3.8, 4) is 11.5 Å². The van der Waals surface area contributed by atoms with Crippen LogP contribution in [-0.2, 0) is 17.8 Å². The Kier molecular flexibility index (Phi) is 4.81. The number of hydrogen-bond donors (Lipinski definition) is 0. The highest BCUT2D eigenvalue weighted by Gasteiger charge is 2.22. The number of amides is 1. The number of hydrogen-bond acceptors (Lipinski definition) is 5. The van der Waals surface area contributed by atoms with E-state index < -0.39 is 0 Å². The largest absolute Gasteiger partial charge is 0.486 e. The van der Waals surface area contributed by atoms with Gasteiger partial charge in [0.2, 0.25) is 5.91 Å². The number of benzene rings is 1. The molecule has 4 heterocycles. The zero-order valence-electron chi connectivity index (χ0n) is 16.3. The van der Waals surface area contributed by atoms with Gasteiger partial charge in [-0.2, -0.15) is 0 Å². The maximum atomic E-state index is 12.7. The first-order valence-corrected chi connectivity index (χ1v) is 10.1. The van der Waals surface area contributed by atoms with Crippen molar-refractivity contribution in [2.75, 3.05) is 39.4 Å². The lowest BCUT2D eigenvalue weighted by Gasteiger charge is -2.34. The Morgan fingerprint density at radius 2 is 1.83 bits per heavy atom. The van der Waals surface area contributed by atoms with Crippen molar-refractivity contribution in [3.05, 3.63) is 60.0 Å². The fraction of sp³-hybridized carbons (Fsp3) is 0.364. The summed E-state index contributed by atoms with van der Waals surface area (Å²) in [6.07, 6.45) is 4.48. The quantitative estimate of drug-likeness (QED) is 0.680. The van der Waals surface area contributed by atoms with E-state index in [4.69, 9.17) is 9.47 Å². The van der Waals surface area contributed by atoms with Crippen LogP contribution < -0.4 is 9.47 Å². The van der Waals surface area contributed by atoms with Gasteiger partial charge in [0.25, 0.3) is 0 Å². The van der Waals surface area contributed by atoms with Crippen molar-refractivity contribution in [3.63, 3.8) is 0 Å². The minimum absolute atomic E-state index is 0.161. The molecule has 0 aliphatic carbocycles. The van der Waals surface area contributed by atoms with E-state index in [1.165, 1.54) is 0 Å². The molecule has 1 amide bonds. The monoisotopic (exact) mass is 392 g/mol. The molecule has 7 nitrogen and oxygen atoms in total. The second-order valence-electron chi connectivity index (χ2n) is 7.51. The number of carbonyl (C=O) groups is 1. The summed E-state index contributed by atoms with van der Waals surface area (Å²) in [5.74, 6) is 1.65. The molecule has 7 heteroatoms. The molecular formula is C22H24N4O3. The minimum atomic E-state index is 0.161. The van der Waals surface area contributed by atoms with Crippen LogP contribution in [-0.4, -0.2) is 64.5 Å². The van der Waals surface area contributed by atoms with Gasteiger partial charge < -0.3 is 18.8 Å². The fourth-order valence-electron chi connectivity index (χ4n) is 3.93. The van der Waals surface area contributed by atoms with Gasteiger partial charge in [-0.1, -0.05) is 12.1 Å². The van der Waals surface area contributed by atoms with Crippen LogP contribution in [0.1, 0.15) is 11.3 Å². The summed E-state index contributed by atoms with van der Waals surface area (Å²) < 4.78 is 13.2. The van der Waals surface area contributed by atoms with E-state index in [1.54, 1.807) is 0 Å². The molecule has 0 bridgehead atoms. The van der Waals surface area contributed by atoms with Gasteiger partial charge in [-0.25, -0.2) is 4.98 Å². The van der Waals surface area contributed by atoms with E-state index in [1.807, 2.05) is 51.9 Å². The van der Waals surface area contributed by atoms with E-state index in [9.17, 15) is 4.79 Å². The molecule has 0 atom stereocenters. The second-order valence-corrected chi connectivity index (χ2v) is 7.51. The van der Waals surface area contributed by atoms with Gasteiger partial charge in [-0.05, 0) is 29.8 Å². The molecule has 2 aliphatic rings. The molecule has 3 aromatic rings. The molecule has 1 saturated heterocycles. The lowest BCUT2D eigenvalue weighted by molar-refractivity contribution is -0.132. The Labute approximate surface area is 169 Å². The van der Waals surface area contributed by atoms with Crippen molar-refractivity contribution in [2.45, 2.75) is 13.0 Å². The lowest BCUT2D eigenvalue weighted by atomic mass is 10.1. The molecule has 2 aliphatic heterocycles. The van der Waals surface area contributed by atoms with Crippen molar-refractivity contribution in [1.82, 2.24) is 19.2 Å². The summed E-state index contributed by atoms with van der Waals surface area (Å²) in [5, 5.41) is 0. The Morgan fingerprint density at radius 1 is 1.00 bits per heavy atom. The summed E-state index contributed by atoms with van der Waals surface area (Å²) in [7, 11) is 0. The van der Waals surface area contributed by atoms with E-state index in [-0.39, 0.29) is 5.91 Å². The lowest BCUT2D eigenvalue weighted by Crippen LogP contribution is -2.48. The van der Waals surface area contributed by atoms with E-state index in [0.717, 1.165) is 61.1 Å². The Morgan fingerprint density at radius 3 is 2.66 bits per heavy atom. The van der Waals surface area contributed by atoms with Gasteiger partial charge in [-0.3, -0.25) is 9.69 Å². The number of ether oxygens (including phenoxy) is 2. The standard InChI is InChI=1S/C22H24N4O3/c27-22(14-17-4-5-19-20(13-17)29-12-11-28-19)25-9-7-24(8-10-25)15-18-16-26-6-2-1-3-21(26)23-18/h1-6,13,16H,7-12,14-15H2. The smallest absolute Gasteiger partial charge is 0.227 e. The maximum absolute atomic E-state index is 12.7. The van der Waals surface area contributed by atoms with Crippen LogP contribution in [0.3, 0.4) is 0 Å². The molecule has 0 saturated carbocycles. The van der Waals surface area contributed by atoms with Crippen LogP contribution in [0.2, 0.25) is 0 Å². The summed E-state index contributed by atoms with van der Waals surface area (Å²) in [4.78, 5) is 21.7. The first kappa shape index (κ1) is 18.0. The Balaban J connectivity index is 1.15. The third kappa shape index (κ3) is 3.91. The summed E-state index contributed by atoms with van der Waals surface area (Å²) in [5.41, 5.74) is 2.99. The first-order chi connectivity index (χ1) is 14.2. The minimum Gasteiger partial charge on any atom is -0.486 e. The second kappa shape index (κ2) is 7.75. The van der Waals surface area contributed by atoms with Gasteiger partial charge in [0.05, 0.1) is 12.1 Å². The molecular weight excluding hydrogens is 368 g/mol. The molecule has 1 aromatic carbocycles. The van der Waals surface area contributed by atoms with Crippen LogP contribution in [0.4, 0.5) is 0 Å². The zero-order chi connectivity index (χ0) is 19.6. The number of nitrogens with zero attached hydrogens (tertiary/aromatic N) is 4. The number of fused-ring (bicyclic) bond motifs is 2. The van der Waals surface area contributed by atoms with Crippen molar-refractivity contribution in [2.24, 2.45) is 0 Å². The number of piperazine rings is 1. The van der Waals surface area contributed by atoms with Crippen LogP contribution in [0.5, 0.6) is 11.5 Å². The summed E-state index contributed by atoms with van der Waals surface area (Å²) in [6, 6.07) is 11.8. The highest BCUT2D eigenvalue weighted by atomic mass is 16.6. The van der Waals surface area contributed by atoms with E-state index in [2.05, 4.69) is 16.1 Å². The van der Waals surface area contributed by atoms with Crippen LogP contribution >= 0.6 is 0 Å². The number of aromatic nitrogens is 2. The third-order valence-corrected chi connectivity index (χ3v) is 5.49. The molecule has 5 rings (SSSR count). The maximum Gasteiger partial charge on any atom is 0.227 e. The van der Waals surface area contributed by atoms with Gasteiger partial charge >= 0.3 is 0 Å². The summed E-state index contributed by atoms with van der Waals surface area (Å²) in [6.45, 7) is 5.16. The van der Waals surface area contributed by atoms with Crippen molar-refractivity contribution < 1.29 is 14.3 Å². The van der Waals surface area contributed by atoms with Crippen LogP contribution in [0.25, 0.3) is 5.65 Å². The van der Waals surface area contributed by atoms with Crippen molar-refractivity contribution in [1.29, 1.82) is 0 Å². The van der Waals surface area contributed by atoms with Crippen LogP contribution in [0.15, 0.2) is 48.8 Å². The molecule has 0 N–H and O–H groups in total. The number of rotatable bonds is 4. The van der Waals surface area contributed by atoms with Gasteiger partial charge in [0.1, 0.15) is 18.9 Å². The third-order valence-electron chi connectivity index (χ3n) is 5.49. The molecule has 1 fully saturated rings. The van der Waals surface area contributed by atoms with Crippen LogP contribution in [0, 0.1) is 0 Å². The highest BCUT2D eigenvalue weighted by Crippen LogP contribution is 2.31. The topological polar surface area (TPSA) is 59.3 Å². The fourth-order valence-corrected chi connectivity index (χ4v) is 3.93. The average Bonchev–Trinajstić information content (AvgIpc) is 3.16. The predicted molar refractivity (Wildman–Crippen MR) is 108 cm³/mol. The summed E-state index contributed by atoms with van der Waals surface area (Å²) >= 11 is 0. The number of imidazole rings is 1. The molecule has 150 valence electrons. The van der Waals surface area contributed by atoms with Gasteiger partial charge in [0.15, 0.2) is 11.5 Å².